The first-order chi connectivity index (χ1) is 34.4. The summed E-state index contributed by atoms with van der Waals surface area (Å²) in [6, 6.07) is 2.39. The Morgan fingerprint density at radius 2 is 0.618 bits per heavy atom. The number of aliphatic carboxylic acids is 2. The van der Waals surface area contributed by atoms with E-state index in [-0.39, 0.29) is 38.9 Å². The maximum absolute atomic E-state index is 13.1. The van der Waals surface area contributed by atoms with Crippen LogP contribution in [0, 0.1) is 11.8 Å². The predicted molar refractivity (Wildman–Crippen MR) is 332 cm³/mol. The monoisotopic (exact) mass is 1250 g/mol. The fourth-order valence-electron chi connectivity index (χ4n) is 9.95. The Balaban J connectivity index is 5.62. The van der Waals surface area contributed by atoms with Crippen LogP contribution in [0.15, 0.2) is 0 Å². The van der Waals surface area contributed by atoms with Gasteiger partial charge >= 0.3 is 75.2 Å². The highest BCUT2D eigenvalue weighted by molar-refractivity contribution is 6.92. The van der Waals surface area contributed by atoms with Gasteiger partial charge in [-0.05, 0) is 194 Å². The van der Waals surface area contributed by atoms with E-state index >= 15 is 0 Å². The molecule has 0 aromatic rings. The van der Waals surface area contributed by atoms with Gasteiger partial charge in [-0.1, -0.05) is 65.2 Å². The summed E-state index contributed by atoms with van der Waals surface area (Å²) in [5.41, 5.74) is 0. The number of rotatable bonds is 45. The van der Waals surface area contributed by atoms with Crippen molar-refractivity contribution in [1.29, 1.82) is 0 Å². The van der Waals surface area contributed by atoms with Crippen molar-refractivity contribution in [2.75, 3.05) is 13.2 Å². The number of carboxylic acid groups (broad SMARTS) is 2. The lowest BCUT2D eigenvalue weighted by Gasteiger charge is -2.44. The summed E-state index contributed by atoms with van der Waals surface area (Å²) in [5, 5.41) is 20.6. The number of ether oxygens (including phenoxy) is 2. The molecule has 0 radical (unpaired) electrons. The first-order valence-corrected chi connectivity index (χ1v) is 58.1. The lowest BCUT2D eigenvalue weighted by atomic mass is 10.0. The largest absolute Gasteiger partial charge is 0.481 e. The zero-order chi connectivity index (χ0) is 59.1. The van der Waals surface area contributed by atoms with Crippen LogP contribution < -0.4 is 0 Å². The standard InChI is InChI=1S/C50H114O16Si10/c1-23-25-27-33-39-73(19,61-69(9,10)11)65-75(21,63-71(15,16)59-67(3,4)5)41-35-45(49(53)54)43-47(51)57-37-31-29-30-32-38-58-48(52)44-46(50(55)56)36-42-76(22,64-72(17,18)60-68(6,7)8)66-74(20,62-70(12,13)14)40-34-28-26-24-2/h45-46H,23-44H2,1-22H3,(H,53,54)(H,55,56). The molecule has 0 aliphatic heterocycles. The fraction of sp³-hybridized carbons (Fsp3) is 0.920. The van der Waals surface area contributed by atoms with Gasteiger partial charge in [0.1, 0.15) is 0 Å². The van der Waals surface area contributed by atoms with Crippen molar-refractivity contribution >= 4 is 109 Å². The third-order valence-electron chi connectivity index (χ3n) is 11.9. The minimum Gasteiger partial charge on any atom is -0.481 e. The number of carboxylic acids is 2. The highest BCUT2D eigenvalue weighted by Gasteiger charge is 2.51. The van der Waals surface area contributed by atoms with Gasteiger partial charge < -0.3 is 52.6 Å². The van der Waals surface area contributed by atoms with Gasteiger partial charge in [-0.3, -0.25) is 19.2 Å². The number of unbranched alkanes of at least 4 members (excludes halogenated alkanes) is 9. The van der Waals surface area contributed by atoms with Crippen LogP contribution in [0.25, 0.3) is 0 Å². The van der Waals surface area contributed by atoms with Crippen molar-refractivity contribution in [3.05, 3.63) is 0 Å². The molecule has 0 bridgehead atoms. The third kappa shape index (κ3) is 38.4. The minimum atomic E-state index is -3.13. The minimum absolute atomic E-state index is 0.137. The molecule has 26 heteroatoms. The summed E-state index contributed by atoms with van der Waals surface area (Å²) in [5.74, 6) is -5.23. The van der Waals surface area contributed by atoms with Gasteiger partial charge in [0.2, 0.25) is 0 Å². The van der Waals surface area contributed by atoms with Crippen molar-refractivity contribution in [3.8, 4) is 0 Å². The van der Waals surface area contributed by atoms with Crippen LogP contribution in [0.5, 0.6) is 0 Å². The highest BCUT2D eigenvalue weighted by Crippen LogP contribution is 2.36. The molecule has 16 nitrogen and oxygen atoms in total. The second kappa shape index (κ2) is 33.7. The summed E-state index contributed by atoms with van der Waals surface area (Å²) in [7, 11) is -25.2. The van der Waals surface area contributed by atoms with E-state index in [9.17, 15) is 29.4 Å². The Kier molecular flexibility index (Phi) is 33.6. The molecule has 6 unspecified atom stereocenters. The van der Waals surface area contributed by atoms with Gasteiger partial charge in [-0.25, -0.2) is 0 Å². The van der Waals surface area contributed by atoms with Crippen LogP contribution >= 0.6 is 0 Å². The van der Waals surface area contributed by atoms with Crippen LogP contribution in [0.1, 0.15) is 117 Å². The summed E-state index contributed by atoms with van der Waals surface area (Å²) in [6.45, 7) is 46.9. The number of hydrogen-bond acceptors (Lipinski definition) is 14. The highest BCUT2D eigenvalue weighted by atomic mass is 28.5. The Morgan fingerprint density at radius 3 is 0.882 bits per heavy atom. The van der Waals surface area contributed by atoms with Crippen LogP contribution in [0.2, 0.25) is 155 Å². The van der Waals surface area contributed by atoms with Gasteiger partial charge in [0.25, 0.3) is 0 Å². The summed E-state index contributed by atoms with van der Waals surface area (Å²) in [4.78, 5) is 51.4. The molecular formula is C50H114O16Si10. The van der Waals surface area contributed by atoms with E-state index in [4.69, 9.17) is 42.4 Å². The molecule has 0 saturated heterocycles. The van der Waals surface area contributed by atoms with Crippen LogP contribution in [0.3, 0.4) is 0 Å². The second-order valence-corrected chi connectivity index (χ2v) is 66.7. The lowest BCUT2D eigenvalue weighted by molar-refractivity contribution is -0.152. The summed E-state index contributed by atoms with van der Waals surface area (Å²) in [6.07, 6.45) is 11.0. The second-order valence-electron chi connectivity index (χ2n) is 26.6. The Morgan fingerprint density at radius 1 is 0.342 bits per heavy atom. The molecule has 0 aromatic heterocycles. The van der Waals surface area contributed by atoms with Crippen LogP contribution in [0.4, 0.5) is 0 Å². The quantitative estimate of drug-likeness (QED) is 0.0331. The first-order valence-electron chi connectivity index (χ1n) is 28.8. The molecule has 0 amide bonds. The third-order valence-corrected chi connectivity index (χ3v) is 48.3. The molecule has 0 aliphatic rings. The van der Waals surface area contributed by atoms with Crippen LogP contribution in [-0.4, -0.2) is 132 Å². The van der Waals surface area contributed by atoms with Crippen molar-refractivity contribution in [1.82, 2.24) is 0 Å². The molecule has 0 heterocycles. The predicted octanol–water partition coefficient (Wildman–Crippen LogP) is 14.9. The average molecular weight is 1250 g/mol. The van der Waals surface area contributed by atoms with E-state index < -0.39 is 120 Å². The Bertz CT molecular complexity index is 1600. The van der Waals surface area contributed by atoms with E-state index in [0.29, 0.717) is 37.8 Å². The zero-order valence-corrected chi connectivity index (χ0v) is 62.3. The average Bonchev–Trinajstić information content (AvgIpc) is 3.18. The van der Waals surface area contributed by atoms with Gasteiger partial charge in [0.05, 0.1) is 37.9 Å². The van der Waals surface area contributed by atoms with Crippen molar-refractivity contribution in [3.63, 3.8) is 0 Å². The molecule has 0 aliphatic carbocycles. The molecule has 76 heavy (non-hydrogen) atoms. The number of hydrogen-bond donors (Lipinski definition) is 2. The normalized spacial score (nSPS) is 17.2. The number of esters is 2. The molecule has 6 atom stereocenters. The van der Waals surface area contributed by atoms with E-state index in [2.05, 4.69) is 106 Å². The van der Waals surface area contributed by atoms with Crippen LogP contribution in [-0.2, 0) is 61.6 Å². The molecular weight excluding hydrogens is 1140 g/mol. The van der Waals surface area contributed by atoms with Gasteiger partial charge in [0, 0.05) is 0 Å². The molecule has 450 valence electrons. The zero-order valence-electron chi connectivity index (χ0n) is 52.3. The van der Waals surface area contributed by atoms with Crippen molar-refractivity contribution < 1.29 is 71.8 Å². The van der Waals surface area contributed by atoms with Gasteiger partial charge in [-0.2, -0.15) is 0 Å². The molecule has 2 N–H and O–H groups in total. The van der Waals surface area contributed by atoms with Crippen molar-refractivity contribution in [2.24, 2.45) is 11.8 Å². The van der Waals surface area contributed by atoms with E-state index in [1.807, 2.05) is 39.3 Å². The fourth-order valence-corrected chi connectivity index (χ4v) is 57.8. The molecule has 0 aromatic carbocycles. The summed E-state index contributed by atoms with van der Waals surface area (Å²) >= 11 is 0. The molecule has 0 saturated carbocycles. The summed E-state index contributed by atoms with van der Waals surface area (Å²) < 4.78 is 66.4. The Labute approximate surface area is 474 Å². The molecule has 0 spiro atoms. The Hall–Kier alpha value is -0.271. The van der Waals surface area contributed by atoms with Crippen molar-refractivity contribution in [2.45, 2.75) is 272 Å². The first kappa shape index (κ1) is 75.7. The molecule has 0 fully saturated rings. The SMILES string of the molecule is CCCCCC[Si](C)(O[Si](C)(C)C)O[Si](C)(CCC(CC(=O)OCCCCCCOC(=O)CC(CC[Si](C)(O[Si](C)(C)O[Si](C)(C)C)O[Si](C)(CCCCCC)O[Si](C)(C)C)C(=O)O)C(=O)O)O[Si](C)(C)O[Si](C)(C)C. The maximum atomic E-state index is 13.1. The maximum Gasteiger partial charge on any atom is 0.317 e. The van der Waals surface area contributed by atoms with Gasteiger partial charge in [0.15, 0.2) is 33.3 Å². The topological polar surface area (TPSA) is 201 Å². The lowest BCUT2D eigenvalue weighted by Crippen LogP contribution is -2.60. The van der Waals surface area contributed by atoms with E-state index in [1.165, 1.54) is 0 Å². The smallest absolute Gasteiger partial charge is 0.317 e. The number of carbonyl (C=O) groups is 4. The molecule has 0 rings (SSSR count). The van der Waals surface area contributed by atoms with E-state index in [1.54, 1.807) is 0 Å². The number of carbonyl (C=O) groups excluding carboxylic acids is 2. The van der Waals surface area contributed by atoms with E-state index in [0.717, 1.165) is 63.5 Å². The van der Waals surface area contributed by atoms with Gasteiger partial charge in [-0.15, -0.1) is 0 Å².